The van der Waals surface area contributed by atoms with Crippen molar-refractivity contribution in [1.29, 1.82) is 5.26 Å². The van der Waals surface area contributed by atoms with Gasteiger partial charge in [-0.3, -0.25) is 4.79 Å². The molecule has 0 saturated heterocycles. The Labute approximate surface area is 151 Å². The van der Waals surface area contributed by atoms with Crippen LogP contribution in [0.2, 0.25) is 0 Å². The third-order valence-corrected chi connectivity index (χ3v) is 3.64. The van der Waals surface area contributed by atoms with Gasteiger partial charge in [-0.05, 0) is 55.3 Å². The van der Waals surface area contributed by atoms with E-state index in [2.05, 4.69) is 26.7 Å². The van der Waals surface area contributed by atoms with E-state index >= 15 is 0 Å². The highest BCUT2D eigenvalue weighted by molar-refractivity contribution is 6.03. The van der Waals surface area contributed by atoms with Gasteiger partial charge >= 0.3 is 0 Å². The van der Waals surface area contributed by atoms with Crippen LogP contribution in [0.25, 0.3) is 0 Å². The van der Waals surface area contributed by atoms with Crippen LogP contribution >= 0.6 is 0 Å². The number of aromatic nitrogens is 2. The lowest BCUT2D eigenvalue weighted by Crippen LogP contribution is -2.14. The van der Waals surface area contributed by atoms with Crippen LogP contribution in [0, 0.1) is 25.2 Å². The summed E-state index contributed by atoms with van der Waals surface area (Å²) in [5.74, 6) is 0.159. The lowest BCUT2D eigenvalue weighted by Gasteiger charge is -2.09. The molecule has 2 aromatic carbocycles. The molecule has 0 atom stereocenters. The van der Waals surface area contributed by atoms with Crippen LogP contribution in [0.4, 0.5) is 17.2 Å². The minimum atomic E-state index is -0.314. The fourth-order valence-electron chi connectivity index (χ4n) is 2.61. The predicted molar refractivity (Wildman–Crippen MR) is 100 cm³/mol. The molecule has 0 aliphatic carbocycles. The zero-order valence-electron chi connectivity index (χ0n) is 14.4. The van der Waals surface area contributed by atoms with Crippen molar-refractivity contribution in [1.82, 2.24) is 9.97 Å². The van der Waals surface area contributed by atoms with Crippen LogP contribution in [-0.2, 0) is 0 Å². The Bertz CT molecular complexity index is 987. The van der Waals surface area contributed by atoms with Crippen molar-refractivity contribution >= 4 is 23.1 Å². The zero-order valence-corrected chi connectivity index (χ0v) is 14.4. The molecule has 26 heavy (non-hydrogen) atoms. The number of nitriles is 1. The molecule has 2 N–H and O–H groups in total. The molecule has 1 heterocycles. The van der Waals surface area contributed by atoms with E-state index < -0.39 is 0 Å². The van der Waals surface area contributed by atoms with Gasteiger partial charge in [-0.15, -0.1) is 0 Å². The maximum absolute atomic E-state index is 12.5. The molecule has 6 nitrogen and oxygen atoms in total. The van der Waals surface area contributed by atoms with Gasteiger partial charge < -0.3 is 10.6 Å². The summed E-state index contributed by atoms with van der Waals surface area (Å²) in [6.07, 6.45) is 1.33. The van der Waals surface area contributed by atoms with Crippen LogP contribution in [0.3, 0.4) is 0 Å². The van der Waals surface area contributed by atoms with E-state index in [1.54, 1.807) is 24.3 Å². The Morgan fingerprint density at radius 2 is 1.77 bits per heavy atom. The number of hydrogen-bond donors (Lipinski definition) is 2. The molecule has 0 aliphatic rings. The number of aryl methyl sites for hydroxylation is 2. The molecule has 0 unspecified atom stereocenters. The van der Waals surface area contributed by atoms with Crippen molar-refractivity contribution in [2.45, 2.75) is 13.8 Å². The monoisotopic (exact) mass is 343 g/mol. The second-order valence-corrected chi connectivity index (χ2v) is 5.94. The topological polar surface area (TPSA) is 90.7 Å². The summed E-state index contributed by atoms with van der Waals surface area (Å²) in [6.45, 7) is 3.95. The molecule has 0 aliphatic heterocycles. The zero-order chi connectivity index (χ0) is 18.5. The fraction of sp³-hybridized carbons (Fsp3) is 0.100. The van der Waals surface area contributed by atoms with Gasteiger partial charge in [0.25, 0.3) is 5.91 Å². The first-order chi connectivity index (χ1) is 12.5. The van der Waals surface area contributed by atoms with Crippen LogP contribution in [0.5, 0.6) is 0 Å². The predicted octanol–water partition coefficient (Wildman–Crippen LogP) is 3.96. The summed E-state index contributed by atoms with van der Waals surface area (Å²) in [4.78, 5) is 20.6. The van der Waals surface area contributed by atoms with Crippen molar-refractivity contribution in [2.75, 3.05) is 10.6 Å². The largest absolute Gasteiger partial charge is 0.340 e. The fourth-order valence-corrected chi connectivity index (χ4v) is 2.61. The van der Waals surface area contributed by atoms with Gasteiger partial charge in [0, 0.05) is 17.4 Å². The average molecular weight is 343 g/mol. The Hall–Kier alpha value is -3.72. The van der Waals surface area contributed by atoms with E-state index in [4.69, 9.17) is 5.26 Å². The molecule has 0 bridgehead atoms. The van der Waals surface area contributed by atoms with Gasteiger partial charge in [0.05, 0.1) is 11.6 Å². The highest BCUT2D eigenvalue weighted by atomic mass is 16.1. The minimum absolute atomic E-state index is 0.248. The van der Waals surface area contributed by atoms with Gasteiger partial charge in [-0.1, -0.05) is 12.1 Å². The molecule has 1 amide bonds. The number of nitrogens with one attached hydrogen (secondary N) is 2. The maximum Gasteiger partial charge on any atom is 0.274 e. The molecule has 128 valence electrons. The second-order valence-electron chi connectivity index (χ2n) is 5.94. The Morgan fingerprint density at radius 1 is 1.00 bits per heavy atom. The van der Waals surface area contributed by atoms with E-state index in [9.17, 15) is 4.79 Å². The van der Waals surface area contributed by atoms with Crippen molar-refractivity contribution in [3.8, 4) is 6.07 Å². The van der Waals surface area contributed by atoms with E-state index in [-0.39, 0.29) is 11.6 Å². The smallest absolute Gasteiger partial charge is 0.274 e. The van der Waals surface area contributed by atoms with E-state index in [1.807, 2.05) is 38.1 Å². The molecule has 0 radical (unpaired) electrons. The highest BCUT2D eigenvalue weighted by Crippen LogP contribution is 2.18. The van der Waals surface area contributed by atoms with Gasteiger partial charge in [0.1, 0.15) is 17.8 Å². The maximum atomic E-state index is 12.5. The number of nitrogens with zero attached hydrogens (tertiary/aromatic N) is 3. The Balaban J connectivity index is 1.77. The summed E-state index contributed by atoms with van der Waals surface area (Å²) < 4.78 is 0. The van der Waals surface area contributed by atoms with Crippen molar-refractivity contribution in [3.63, 3.8) is 0 Å². The van der Waals surface area contributed by atoms with Gasteiger partial charge in [-0.2, -0.15) is 5.26 Å². The molecule has 0 saturated carbocycles. The van der Waals surface area contributed by atoms with Crippen LogP contribution in [-0.4, -0.2) is 15.9 Å². The van der Waals surface area contributed by atoms with E-state index in [0.717, 1.165) is 16.8 Å². The summed E-state index contributed by atoms with van der Waals surface area (Å²) in [6, 6.07) is 16.5. The number of carbonyl (C=O) groups is 1. The first kappa shape index (κ1) is 17.1. The minimum Gasteiger partial charge on any atom is -0.340 e. The normalized spacial score (nSPS) is 10.0. The molecule has 3 aromatic rings. The number of carbonyl (C=O) groups excluding carboxylic acids is 1. The quantitative estimate of drug-likeness (QED) is 0.748. The van der Waals surface area contributed by atoms with Crippen LogP contribution < -0.4 is 10.6 Å². The van der Waals surface area contributed by atoms with Crippen molar-refractivity contribution in [3.05, 3.63) is 77.2 Å². The van der Waals surface area contributed by atoms with Gasteiger partial charge in [0.15, 0.2) is 0 Å². The third-order valence-electron chi connectivity index (χ3n) is 3.64. The first-order valence-electron chi connectivity index (χ1n) is 8.02. The number of anilines is 3. The third kappa shape index (κ3) is 4.22. The summed E-state index contributed by atoms with van der Waals surface area (Å²) in [5.41, 5.74) is 4.37. The number of benzene rings is 2. The Morgan fingerprint density at radius 3 is 2.50 bits per heavy atom. The summed E-state index contributed by atoms with van der Waals surface area (Å²) >= 11 is 0. The van der Waals surface area contributed by atoms with E-state index in [0.29, 0.717) is 17.1 Å². The number of amides is 1. The molecule has 0 fully saturated rings. The summed E-state index contributed by atoms with van der Waals surface area (Å²) in [7, 11) is 0. The molecule has 1 aromatic heterocycles. The highest BCUT2D eigenvalue weighted by Gasteiger charge is 2.10. The van der Waals surface area contributed by atoms with Crippen LogP contribution in [0.15, 0.2) is 54.9 Å². The molecule has 6 heteroatoms. The first-order valence-corrected chi connectivity index (χ1v) is 8.02. The van der Waals surface area contributed by atoms with Crippen molar-refractivity contribution in [2.24, 2.45) is 0 Å². The van der Waals surface area contributed by atoms with E-state index in [1.165, 1.54) is 6.33 Å². The van der Waals surface area contributed by atoms with Crippen molar-refractivity contribution < 1.29 is 4.79 Å². The standard InChI is InChI=1S/C20H17N5O/c1-13-6-14(2)8-17(7-13)25-20(26)18-10-19(23-12-22-18)24-16-5-3-4-15(9-16)11-21/h3-10,12H,1-2H3,(H,25,26)(H,22,23,24). The lowest BCUT2D eigenvalue weighted by molar-refractivity contribution is 0.102. The average Bonchev–Trinajstić information content (AvgIpc) is 2.61. The molecule has 3 rings (SSSR count). The van der Waals surface area contributed by atoms with Crippen LogP contribution in [0.1, 0.15) is 27.2 Å². The number of hydrogen-bond acceptors (Lipinski definition) is 5. The number of rotatable bonds is 4. The molecular formula is C20H17N5O. The van der Waals surface area contributed by atoms with Gasteiger partial charge in [-0.25, -0.2) is 9.97 Å². The Kier molecular flexibility index (Phi) is 4.90. The molecule has 0 spiro atoms. The second kappa shape index (κ2) is 7.45. The SMILES string of the molecule is Cc1cc(C)cc(NC(=O)c2cc(Nc3cccc(C#N)c3)ncn2)c1. The molecular weight excluding hydrogens is 326 g/mol. The summed E-state index contributed by atoms with van der Waals surface area (Å²) in [5, 5.41) is 14.9. The lowest BCUT2D eigenvalue weighted by atomic mass is 10.1. The van der Waals surface area contributed by atoms with Gasteiger partial charge in [0.2, 0.25) is 0 Å².